The smallest absolute Gasteiger partial charge is 0.224 e. The highest BCUT2D eigenvalue weighted by atomic mass is 35.5. The molecule has 0 saturated heterocycles. The Morgan fingerprint density at radius 1 is 1.08 bits per heavy atom. The highest BCUT2D eigenvalue weighted by Gasteiger charge is 2.04. The molecule has 2 rings (SSSR count). The van der Waals surface area contributed by atoms with E-state index in [4.69, 9.17) is 16.3 Å². The molecule has 0 spiro atoms. The number of rotatable bonds is 9. The van der Waals surface area contributed by atoms with Crippen LogP contribution in [0.15, 0.2) is 48.5 Å². The summed E-state index contributed by atoms with van der Waals surface area (Å²) >= 11 is 5.87. The van der Waals surface area contributed by atoms with E-state index in [-0.39, 0.29) is 18.3 Å². The first-order valence-electron chi connectivity index (χ1n) is 8.05. The number of benzene rings is 2. The maximum atomic E-state index is 11.9. The van der Waals surface area contributed by atoms with E-state index >= 15 is 0 Å². The van der Waals surface area contributed by atoms with Crippen LogP contribution in [0.3, 0.4) is 0 Å². The van der Waals surface area contributed by atoms with Gasteiger partial charge < -0.3 is 15.4 Å². The van der Waals surface area contributed by atoms with E-state index in [1.807, 2.05) is 55.6 Å². The van der Waals surface area contributed by atoms with Gasteiger partial charge in [0.05, 0.1) is 6.42 Å². The molecule has 6 heteroatoms. The third-order valence-corrected chi connectivity index (χ3v) is 3.76. The molecule has 25 heavy (non-hydrogen) atoms. The van der Waals surface area contributed by atoms with Crippen molar-refractivity contribution in [3.63, 3.8) is 0 Å². The lowest BCUT2D eigenvalue weighted by Crippen LogP contribution is -2.27. The zero-order chi connectivity index (χ0) is 17.2. The third kappa shape index (κ3) is 8.25. The molecule has 0 atom stereocenters. The van der Waals surface area contributed by atoms with Gasteiger partial charge in [0.15, 0.2) is 0 Å². The van der Waals surface area contributed by atoms with Crippen LogP contribution in [-0.2, 0) is 17.8 Å². The molecule has 0 aliphatic rings. The topological polar surface area (TPSA) is 50.4 Å². The lowest BCUT2D eigenvalue weighted by molar-refractivity contribution is -0.120. The number of carbonyl (C=O) groups excluding carboxylic acids is 1. The standard InChI is InChI=1S/C19H23ClN2O2.ClH/c1-21-10-3-11-22-19(23)13-16-4-2-5-18(12-16)24-14-15-6-8-17(20)9-7-15;/h2,4-9,12,21H,3,10-11,13-14H2,1H3,(H,22,23);1H. The Morgan fingerprint density at radius 3 is 2.56 bits per heavy atom. The zero-order valence-corrected chi connectivity index (χ0v) is 15.8. The molecule has 0 heterocycles. The first kappa shape index (κ1) is 21.3. The van der Waals surface area contributed by atoms with Crippen LogP contribution in [0.2, 0.25) is 5.02 Å². The Labute approximate surface area is 160 Å². The summed E-state index contributed by atoms with van der Waals surface area (Å²) in [5.41, 5.74) is 1.99. The fourth-order valence-corrected chi connectivity index (χ4v) is 2.36. The van der Waals surface area contributed by atoms with Crippen molar-refractivity contribution in [1.82, 2.24) is 10.6 Å². The van der Waals surface area contributed by atoms with Gasteiger partial charge in [-0.15, -0.1) is 12.4 Å². The minimum absolute atomic E-state index is 0. The van der Waals surface area contributed by atoms with Crippen LogP contribution in [0, 0.1) is 0 Å². The molecule has 0 aromatic heterocycles. The minimum atomic E-state index is 0. The SMILES string of the molecule is CNCCCNC(=O)Cc1cccc(OCc2ccc(Cl)cc2)c1.Cl. The molecule has 0 unspecified atom stereocenters. The monoisotopic (exact) mass is 382 g/mol. The number of hydrogen-bond acceptors (Lipinski definition) is 3. The van der Waals surface area contributed by atoms with E-state index in [0.29, 0.717) is 24.6 Å². The van der Waals surface area contributed by atoms with Gasteiger partial charge in [0.2, 0.25) is 5.91 Å². The second kappa shape index (κ2) is 11.7. The van der Waals surface area contributed by atoms with Crippen molar-refractivity contribution in [3.05, 3.63) is 64.7 Å². The summed E-state index contributed by atoms with van der Waals surface area (Å²) in [6, 6.07) is 15.2. The lowest BCUT2D eigenvalue weighted by atomic mass is 10.1. The van der Waals surface area contributed by atoms with E-state index in [2.05, 4.69) is 10.6 Å². The number of hydrogen-bond donors (Lipinski definition) is 2. The van der Waals surface area contributed by atoms with E-state index in [0.717, 1.165) is 29.8 Å². The molecule has 1 amide bonds. The van der Waals surface area contributed by atoms with Gasteiger partial charge in [-0.3, -0.25) is 4.79 Å². The normalized spacial score (nSPS) is 10.0. The van der Waals surface area contributed by atoms with Gasteiger partial charge >= 0.3 is 0 Å². The Balaban J connectivity index is 0.00000312. The van der Waals surface area contributed by atoms with Gasteiger partial charge in [-0.25, -0.2) is 0 Å². The van der Waals surface area contributed by atoms with Crippen molar-refractivity contribution in [1.29, 1.82) is 0 Å². The Bertz CT molecular complexity index is 648. The molecule has 2 aromatic rings. The molecule has 0 aliphatic carbocycles. The molecule has 2 aromatic carbocycles. The summed E-state index contributed by atoms with van der Waals surface area (Å²) in [6.07, 6.45) is 1.28. The molecule has 2 N–H and O–H groups in total. The molecule has 0 fully saturated rings. The molecular weight excluding hydrogens is 359 g/mol. The maximum absolute atomic E-state index is 11.9. The number of ether oxygens (including phenoxy) is 1. The predicted octanol–water partition coefficient (Wildman–Crippen LogP) is 3.61. The first-order chi connectivity index (χ1) is 11.7. The summed E-state index contributed by atoms with van der Waals surface area (Å²) < 4.78 is 5.78. The average molecular weight is 383 g/mol. The molecule has 0 aliphatic heterocycles. The van der Waals surface area contributed by atoms with Crippen molar-refractivity contribution in [3.8, 4) is 5.75 Å². The summed E-state index contributed by atoms with van der Waals surface area (Å²) in [6.45, 7) is 2.05. The van der Waals surface area contributed by atoms with Crippen molar-refractivity contribution in [2.24, 2.45) is 0 Å². The number of halogens is 2. The van der Waals surface area contributed by atoms with Crippen LogP contribution < -0.4 is 15.4 Å². The summed E-state index contributed by atoms with van der Waals surface area (Å²) in [4.78, 5) is 11.9. The van der Waals surface area contributed by atoms with Gasteiger partial charge in [0.25, 0.3) is 0 Å². The highest BCUT2D eigenvalue weighted by Crippen LogP contribution is 2.16. The average Bonchev–Trinajstić information content (AvgIpc) is 2.59. The fraction of sp³-hybridized carbons (Fsp3) is 0.316. The van der Waals surface area contributed by atoms with Crippen molar-refractivity contribution >= 4 is 29.9 Å². The van der Waals surface area contributed by atoms with Crippen LogP contribution in [0.4, 0.5) is 0 Å². The van der Waals surface area contributed by atoms with E-state index < -0.39 is 0 Å². The Morgan fingerprint density at radius 2 is 1.84 bits per heavy atom. The van der Waals surface area contributed by atoms with Crippen LogP contribution >= 0.6 is 24.0 Å². The molecule has 0 saturated carbocycles. The number of amides is 1. The molecule has 0 bridgehead atoms. The second-order valence-electron chi connectivity index (χ2n) is 5.55. The molecule has 136 valence electrons. The van der Waals surface area contributed by atoms with E-state index in [9.17, 15) is 4.79 Å². The Hall–Kier alpha value is -1.75. The Kier molecular flexibility index (Phi) is 10.0. The largest absolute Gasteiger partial charge is 0.489 e. The molecule has 4 nitrogen and oxygen atoms in total. The van der Waals surface area contributed by atoms with Gasteiger partial charge in [0, 0.05) is 11.6 Å². The fourth-order valence-electron chi connectivity index (χ4n) is 2.23. The quantitative estimate of drug-likeness (QED) is 0.651. The van der Waals surface area contributed by atoms with Gasteiger partial charge in [-0.1, -0.05) is 35.9 Å². The minimum Gasteiger partial charge on any atom is -0.489 e. The molecular formula is C19H24Cl2N2O2. The van der Waals surface area contributed by atoms with Gasteiger partial charge in [-0.05, 0) is 55.4 Å². The second-order valence-corrected chi connectivity index (χ2v) is 5.98. The van der Waals surface area contributed by atoms with E-state index in [1.54, 1.807) is 0 Å². The van der Waals surface area contributed by atoms with Gasteiger partial charge in [0.1, 0.15) is 12.4 Å². The number of carbonyl (C=O) groups is 1. The summed E-state index contributed by atoms with van der Waals surface area (Å²) in [5.74, 6) is 0.784. The number of nitrogens with one attached hydrogen (secondary N) is 2. The molecule has 0 radical (unpaired) electrons. The van der Waals surface area contributed by atoms with E-state index in [1.165, 1.54) is 0 Å². The van der Waals surface area contributed by atoms with Crippen molar-refractivity contribution < 1.29 is 9.53 Å². The van der Waals surface area contributed by atoms with Crippen LogP contribution in [0.5, 0.6) is 5.75 Å². The zero-order valence-electron chi connectivity index (χ0n) is 14.3. The maximum Gasteiger partial charge on any atom is 0.224 e. The first-order valence-corrected chi connectivity index (χ1v) is 8.42. The summed E-state index contributed by atoms with van der Waals surface area (Å²) in [5, 5.41) is 6.68. The van der Waals surface area contributed by atoms with Crippen LogP contribution in [0.25, 0.3) is 0 Å². The highest BCUT2D eigenvalue weighted by molar-refractivity contribution is 6.30. The summed E-state index contributed by atoms with van der Waals surface area (Å²) in [7, 11) is 1.90. The van der Waals surface area contributed by atoms with Crippen LogP contribution in [-0.4, -0.2) is 26.0 Å². The lowest BCUT2D eigenvalue weighted by Gasteiger charge is -2.09. The van der Waals surface area contributed by atoms with Gasteiger partial charge in [-0.2, -0.15) is 0 Å². The van der Waals surface area contributed by atoms with Crippen molar-refractivity contribution in [2.45, 2.75) is 19.4 Å². The predicted molar refractivity (Wildman–Crippen MR) is 105 cm³/mol. The third-order valence-electron chi connectivity index (χ3n) is 3.51. The van der Waals surface area contributed by atoms with Crippen LogP contribution in [0.1, 0.15) is 17.5 Å². The van der Waals surface area contributed by atoms with Crippen molar-refractivity contribution in [2.75, 3.05) is 20.1 Å².